The number of halogens is 3. The molecule has 20 heavy (non-hydrogen) atoms. The van der Waals surface area contributed by atoms with Crippen LogP contribution in [0.5, 0.6) is 0 Å². The summed E-state index contributed by atoms with van der Waals surface area (Å²) in [4.78, 5) is -0.00945. The van der Waals surface area contributed by atoms with Crippen LogP contribution in [0, 0.1) is 5.82 Å². The lowest BCUT2D eigenvalue weighted by molar-refractivity contribution is 0.601. The Balaban J connectivity index is 2.44. The summed E-state index contributed by atoms with van der Waals surface area (Å²) in [6, 6.07) is 7.93. The Labute approximate surface area is 128 Å². The Morgan fingerprint density at radius 1 is 1.25 bits per heavy atom. The molecule has 0 saturated carbocycles. The first-order valence-electron chi connectivity index (χ1n) is 5.32. The third-order valence-electron chi connectivity index (χ3n) is 2.41. The van der Waals surface area contributed by atoms with Crippen molar-refractivity contribution in [1.29, 1.82) is 0 Å². The predicted octanol–water partition coefficient (Wildman–Crippen LogP) is 3.62. The zero-order valence-electron chi connectivity index (χ0n) is 9.90. The van der Waals surface area contributed by atoms with E-state index >= 15 is 0 Å². The van der Waals surface area contributed by atoms with Crippen LogP contribution in [0.2, 0.25) is 5.02 Å². The molecule has 2 rings (SSSR count). The average molecular weight is 380 g/mol. The normalized spacial score (nSPS) is 11.3. The van der Waals surface area contributed by atoms with Crippen molar-refractivity contribution in [3.05, 3.63) is 51.7 Å². The largest absolute Gasteiger partial charge is 0.399 e. The molecule has 2 aromatic rings. The first-order chi connectivity index (χ1) is 9.29. The van der Waals surface area contributed by atoms with Crippen molar-refractivity contribution in [3.63, 3.8) is 0 Å². The van der Waals surface area contributed by atoms with Crippen molar-refractivity contribution in [2.75, 3.05) is 10.5 Å². The van der Waals surface area contributed by atoms with Crippen LogP contribution in [0.3, 0.4) is 0 Å². The molecule has 0 unspecified atom stereocenters. The molecule has 0 spiro atoms. The van der Waals surface area contributed by atoms with E-state index in [-0.39, 0.29) is 20.1 Å². The SMILES string of the molecule is Nc1cccc(S(=O)(=O)Nc2c(Cl)cc(F)cc2Br)c1. The minimum Gasteiger partial charge on any atom is -0.399 e. The molecule has 0 aliphatic carbocycles. The van der Waals surface area contributed by atoms with Gasteiger partial charge in [0, 0.05) is 10.2 Å². The number of anilines is 2. The molecule has 2 aromatic carbocycles. The summed E-state index contributed by atoms with van der Waals surface area (Å²) in [5, 5.41) is -0.0515. The fraction of sp³-hybridized carbons (Fsp3) is 0. The quantitative estimate of drug-likeness (QED) is 0.800. The highest BCUT2D eigenvalue weighted by Gasteiger charge is 2.18. The molecule has 0 aliphatic heterocycles. The second kappa shape index (κ2) is 5.59. The standard InChI is InChI=1S/C12H9BrClFN2O2S/c13-10-4-7(15)5-11(14)12(10)17-20(18,19)9-3-1-2-8(16)6-9/h1-6,17H,16H2. The van der Waals surface area contributed by atoms with Gasteiger partial charge in [-0.3, -0.25) is 4.72 Å². The Hall–Kier alpha value is -1.31. The van der Waals surface area contributed by atoms with E-state index in [1.54, 1.807) is 6.07 Å². The summed E-state index contributed by atoms with van der Waals surface area (Å²) in [6.07, 6.45) is 0. The van der Waals surface area contributed by atoms with Crippen molar-refractivity contribution in [2.45, 2.75) is 4.90 Å². The van der Waals surface area contributed by atoms with Gasteiger partial charge in [0.25, 0.3) is 10.0 Å². The van der Waals surface area contributed by atoms with Crippen molar-refractivity contribution < 1.29 is 12.8 Å². The topological polar surface area (TPSA) is 72.2 Å². The van der Waals surface area contributed by atoms with Gasteiger partial charge in [0.15, 0.2) is 0 Å². The predicted molar refractivity (Wildman–Crippen MR) is 80.8 cm³/mol. The second-order valence-electron chi connectivity index (χ2n) is 3.92. The van der Waals surface area contributed by atoms with Gasteiger partial charge in [-0.2, -0.15) is 0 Å². The Morgan fingerprint density at radius 3 is 2.55 bits per heavy atom. The number of hydrogen-bond donors (Lipinski definition) is 2. The van der Waals surface area contributed by atoms with Gasteiger partial charge in [0.05, 0.1) is 15.6 Å². The van der Waals surface area contributed by atoms with E-state index < -0.39 is 15.8 Å². The summed E-state index contributed by atoms with van der Waals surface area (Å²) in [5.41, 5.74) is 5.93. The molecule has 0 saturated heterocycles. The number of rotatable bonds is 3. The molecule has 0 amide bonds. The van der Waals surface area contributed by atoms with E-state index in [1.165, 1.54) is 18.2 Å². The van der Waals surface area contributed by atoms with Crippen LogP contribution in [-0.2, 0) is 10.0 Å². The summed E-state index contributed by atoms with van der Waals surface area (Å²) in [6.45, 7) is 0. The van der Waals surface area contributed by atoms with Crippen LogP contribution < -0.4 is 10.5 Å². The number of hydrogen-bond acceptors (Lipinski definition) is 3. The van der Waals surface area contributed by atoms with E-state index in [1.807, 2.05) is 0 Å². The van der Waals surface area contributed by atoms with Crippen molar-refractivity contribution in [1.82, 2.24) is 0 Å². The second-order valence-corrected chi connectivity index (χ2v) is 6.87. The van der Waals surface area contributed by atoms with Crippen molar-refractivity contribution >= 4 is 48.9 Å². The van der Waals surface area contributed by atoms with Crippen LogP contribution in [-0.4, -0.2) is 8.42 Å². The molecule has 106 valence electrons. The lowest BCUT2D eigenvalue weighted by atomic mass is 10.3. The van der Waals surface area contributed by atoms with Gasteiger partial charge < -0.3 is 5.73 Å². The Kier molecular flexibility index (Phi) is 4.22. The van der Waals surface area contributed by atoms with Gasteiger partial charge in [-0.15, -0.1) is 0 Å². The van der Waals surface area contributed by atoms with E-state index in [4.69, 9.17) is 17.3 Å². The van der Waals surface area contributed by atoms with E-state index in [0.29, 0.717) is 5.69 Å². The fourth-order valence-corrected chi connectivity index (χ4v) is 3.76. The summed E-state index contributed by atoms with van der Waals surface area (Å²) in [5.74, 6) is -0.575. The number of nitrogens with two attached hydrogens (primary N) is 1. The van der Waals surface area contributed by atoms with Crippen LogP contribution in [0.1, 0.15) is 0 Å². The molecule has 0 aliphatic rings. The minimum absolute atomic E-state index is 0.00945. The molecule has 0 heterocycles. The van der Waals surface area contributed by atoms with Crippen LogP contribution >= 0.6 is 27.5 Å². The third kappa shape index (κ3) is 3.23. The number of sulfonamides is 1. The van der Waals surface area contributed by atoms with Crippen LogP contribution in [0.4, 0.5) is 15.8 Å². The minimum atomic E-state index is -3.86. The first-order valence-corrected chi connectivity index (χ1v) is 7.98. The molecule has 0 aromatic heterocycles. The van der Waals surface area contributed by atoms with E-state index in [0.717, 1.165) is 12.1 Å². The molecule has 0 fully saturated rings. The van der Waals surface area contributed by atoms with Crippen molar-refractivity contribution in [3.8, 4) is 0 Å². The van der Waals surface area contributed by atoms with Crippen molar-refractivity contribution in [2.24, 2.45) is 0 Å². The first kappa shape index (κ1) is 15.1. The van der Waals surface area contributed by atoms with Gasteiger partial charge in [0.2, 0.25) is 0 Å². The third-order valence-corrected chi connectivity index (χ3v) is 4.68. The van der Waals surface area contributed by atoms with E-state index in [2.05, 4.69) is 20.7 Å². The molecule has 0 bridgehead atoms. The lowest BCUT2D eigenvalue weighted by Crippen LogP contribution is -2.14. The maximum absolute atomic E-state index is 13.1. The summed E-state index contributed by atoms with van der Waals surface area (Å²) in [7, 11) is -3.86. The average Bonchev–Trinajstić information content (AvgIpc) is 2.34. The molecule has 4 nitrogen and oxygen atoms in total. The van der Waals surface area contributed by atoms with Crippen LogP contribution in [0.25, 0.3) is 0 Å². The Bertz CT molecular complexity index is 745. The van der Waals surface area contributed by atoms with Gasteiger partial charge in [0.1, 0.15) is 5.82 Å². The molecular formula is C12H9BrClFN2O2S. The smallest absolute Gasteiger partial charge is 0.262 e. The zero-order valence-corrected chi connectivity index (χ0v) is 13.1. The zero-order chi connectivity index (χ0) is 14.9. The molecule has 0 atom stereocenters. The summed E-state index contributed by atoms with van der Waals surface area (Å²) >= 11 is 8.90. The van der Waals surface area contributed by atoms with Gasteiger partial charge in [-0.1, -0.05) is 17.7 Å². The highest BCUT2D eigenvalue weighted by Crippen LogP contribution is 2.33. The lowest BCUT2D eigenvalue weighted by Gasteiger charge is -2.12. The highest BCUT2D eigenvalue weighted by molar-refractivity contribution is 9.10. The maximum atomic E-state index is 13.1. The van der Waals surface area contributed by atoms with Gasteiger partial charge >= 0.3 is 0 Å². The van der Waals surface area contributed by atoms with Crippen LogP contribution in [0.15, 0.2) is 45.8 Å². The van der Waals surface area contributed by atoms with E-state index in [9.17, 15) is 12.8 Å². The number of nitrogens with one attached hydrogen (secondary N) is 1. The van der Waals surface area contributed by atoms with Gasteiger partial charge in [-0.25, -0.2) is 12.8 Å². The number of nitrogen functional groups attached to an aromatic ring is 1. The highest BCUT2D eigenvalue weighted by atomic mass is 79.9. The molecule has 8 heteroatoms. The Morgan fingerprint density at radius 2 is 1.95 bits per heavy atom. The molecule has 0 radical (unpaired) electrons. The maximum Gasteiger partial charge on any atom is 0.262 e. The molecule has 3 N–H and O–H groups in total. The number of benzene rings is 2. The monoisotopic (exact) mass is 378 g/mol. The van der Waals surface area contributed by atoms with Gasteiger partial charge in [-0.05, 0) is 46.3 Å². The molecular weight excluding hydrogens is 371 g/mol. The summed E-state index contributed by atoms with van der Waals surface area (Å²) < 4.78 is 40.0. The fourth-order valence-electron chi connectivity index (χ4n) is 1.51.